The Labute approximate surface area is 95.9 Å². The fraction of sp³-hybridized carbons (Fsp3) is 0.400. The molecule has 0 bridgehead atoms. The second-order valence-electron chi connectivity index (χ2n) is 3.73. The van der Waals surface area contributed by atoms with E-state index < -0.39 is 10.0 Å². The van der Waals surface area contributed by atoms with Crippen LogP contribution in [-0.2, 0) is 16.6 Å². The SMILES string of the molecule is COc1c(CN(C)C)cccc1S(N)(=O)=O. The van der Waals surface area contributed by atoms with Crippen molar-refractivity contribution < 1.29 is 13.2 Å². The van der Waals surface area contributed by atoms with E-state index in [9.17, 15) is 8.42 Å². The summed E-state index contributed by atoms with van der Waals surface area (Å²) in [5, 5.41) is 5.11. The average Bonchev–Trinajstić information content (AvgIpc) is 2.15. The van der Waals surface area contributed by atoms with Gasteiger partial charge in [0.25, 0.3) is 0 Å². The second-order valence-corrected chi connectivity index (χ2v) is 5.26. The largest absolute Gasteiger partial charge is 0.495 e. The number of nitrogens with two attached hydrogens (primary N) is 1. The molecule has 16 heavy (non-hydrogen) atoms. The van der Waals surface area contributed by atoms with Crippen molar-refractivity contribution >= 4 is 10.0 Å². The molecule has 0 aliphatic heterocycles. The summed E-state index contributed by atoms with van der Waals surface area (Å²) in [6.45, 7) is 0.590. The normalized spacial score (nSPS) is 11.8. The van der Waals surface area contributed by atoms with Gasteiger partial charge in [-0.1, -0.05) is 12.1 Å². The lowest BCUT2D eigenvalue weighted by Gasteiger charge is -2.15. The predicted molar refractivity (Wildman–Crippen MR) is 61.8 cm³/mol. The maximum atomic E-state index is 11.3. The molecule has 0 aliphatic carbocycles. The smallest absolute Gasteiger partial charge is 0.241 e. The van der Waals surface area contributed by atoms with Crippen molar-refractivity contribution in [2.45, 2.75) is 11.4 Å². The summed E-state index contributed by atoms with van der Waals surface area (Å²) in [4.78, 5) is 1.94. The Morgan fingerprint density at radius 1 is 1.38 bits per heavy atom. The molecular weight excluding hydrogens is 228 g/mol. The topological polar surface area (TPSA) is 72.6 Å². The molecule has 0 aromatic heterocycles. The van der Waals surface area contributed by atoms with Gasteiger partial charge in [-0.3, -0.25) is 0 Å². The van der Waals surface area contributed by atoms with E-state index >= 15 is 0 Å². The fourth-order valence-electron chi connectivity index (χ4n) is 1.48. The van der Waals surface area contributed by atoms with Gasteiger partial charge in [0.1, 0.15) is 10.6 Å². The highest BCUT2D eigenvalue weighted by Crippen LogP contribution is 2.27. The van der Waals surface area contributed by atoms with Crippen LogP contribution in [0.15, 0.2) is 23.1 Å². The molecule has 0 aliphatic rings. The molecule has 90 valence electrons. The minimum atomic E-state index is -3.75. The molecule has 2 N–H and O–H groups in total. The zero-order chi connectivity index (χ0) is 12.3. The lowest BCUT2D eigenvalue weighted by Crippen LogP contribution is -2.16. The van der Waals surface area contributed by atoms with Gasteiger partial charge in [-0.2, -0.15) is 0 Å². The number of benzene rings is 1. The highest BCUT2D eigenvalue weighted by atomic mass is 32.2. The molecule has 0 amide bonds. The quantitative estimate of drug-likeness (QED) is 0.832. The van der Waals surface area contributed by atoms with Crippen LogP contribution < -0.4 is 9.88 Å². The van der Waals surface area contributed by atoms with E-state index in [0.717, 1.165) is 5.56 Å². The summed E-state index contributed by atoms with van der Waals surface area (Å²) in [7, 11) is 1.47. The number of nitrogens with zero attached hydrogens (tertiary/aromatic N) is 1. The summed E-state index contributed by atoms with van der Waals surface area (Å²) in [6, 6.07) is 4.90. The molecule has 0 radical (unpaired) electrons. The molecule has 0 heterocycles. The van der Waals surface area contributed by atoms with Crippen molar-refractivity contribution in [2.75, 3.05) is 21.2 Å². The molecule has 0 saturated heterocycles. The average molecular weight is 244 g/mol. The monoisotopic (exact) mass is 244 g/mol. The van der Waals surface area contributed by atoms with Gasteiger partial charge in [0.2, 0.25) is 10.0 Å². The third kappa shape index (κ3) is 2.94. The number of hydrogen-bond acceptors (Lipinski definition) is 4. The Bertz CT molecular complexity index is 469. The van der Waals surface area contributed by atoms with Gasteiger partial charge in [0, 0.05) is 12.1 Å². The van der Waals surface area contributed by atoms with Crippen LogP contribution in [0.2, 0.25) is 0 Å². The first-order chi connectivity index (χ1) is 7.36. The standard InChI is InChI=1S/C10H16N2O3S/c1-12(2)7-8-5-4-6-9(10(8)15-3)16(11,13)14/h4-6H,7H2,1-3H3,(H2,11,13,14). The van der Waals surface area contributed by atoms with Crippen LogP contribution >= 0.6 is 0 Å². The van der Waals surface area contributed by atoms with E-state index in [4.69, 9.17) is 9.88 Å². The van der Waals surface area contributed by atoms with E-state index in [2.05, 4.69) is 0 Å². The number of sulfonamides is 1. The molecule has 0 atom stereocenters. The molecule has 0 spiro atoms. The molecule has 0 fully saturated rings. The summed E-state index contributed by atoms with van der Waals surface area (Å²) >= 11 is 0. The number of methoxy groups -OCH3 is 1. The lowest BCUT2D eigenvalue weighted by molar-refractivity contribution is 0.365. The highest BCUT2D eigenvalue weighted by molar-refractivity contribution is 7.89. The first kappa shape index (κ1) is 13.0. The van der Waals surface area contributed by atoms with E-state index in [1.165, 1.54) is 13.2 Å². The van der Waals surface area contributed by atoms with Crippen LogP contribution in [0.25, 0.3) is 0 Å². The Hall–Kier alpha value is -1.11. The van der Waals surface area contributed by atoms with Crippen LogP contribution in [0, 0.1) is 0 Å². The molecule has 1 aromatic rings. The Kier molecular flexibility index (Phi) is 3.90. The maximum absolute atomic E-state index is 11.3. The summed E-state index contributed by atoms with van der Waals surface area (Å²) in [5.74, 6) is 0.318. The fourth-order valence-corrected chi connectivity index (χ4v) is 2.22. The second kappa shape index (κ2) is 4.82. The molecule has 1 aromatic carbocycles. The summed E-state index contributed by atoms with van der Waals surface area (Å²) in [6.07, 6.45) is 0. The molecule has 0 unspecified atom stereocenters. The third-order valence-electron chi connectivity index (χ3n) is 2.06. The molecular formula is C10H16N2O3S. The van der Waals surface area contributed by atoms with Crippen LogP contribution in [0.3, 0.4) is 0 Å². The van der Waals surface area contributed by atoms with Gasteiger partial charge in [-0.15, -0.1) is 0 Å². The maximum Gasteiger partial charge on any atom is 0.241 e. The van der Waals surface area contributed by atoms with Crippen LogP contribution in [0.5, 0.6) is 5.75 Å². The Morgan fingerprint density at radius 3 is 2.44 bits per heavy atom. The van der Waals surface area contributed by atoms with Gasteiger partial charge >= 0.3 is 0 Å². The third-order valence-corrected chi connectivity index (χ3v) is 2.99. The van der Waals surface area contributed by atoms with Crippen LogP contribution in [0.4, 0.5) is 0 Å². The van der Waals surface area contributed by atoms with Gasteiger partial charge in [-0.05, 0) is 20.2 Å². The zero-order valence-electron chi connectivity index (χ0n) is 9.60. The molecule has 6 heteroatoms. The van der Waals surface area contributed by atoms with Crippen LogP contribution in [-0.4, -0.2) is 34.5 Å². The van der Waals surface area contributed by atoms with Gasteiger partial charge in [0.15, 0.2) is 0 Å². The predicted octanol–water partition coefficient (Wildman–Crippen LogP) is 0.404. The number of primary sulfonamides is 1. The number of para-hydroxylation sites is 1. The van der Waals surface area contributed by atoms with Crippen molar-refractivity contribution in [1.29, 1.82) is 0 Å². The first-order valence-corrected chi connectivity index (χ1v) is 6.24. The number of rotatable bonds is 4. The number of hydrogen-bond donors (Lipinski definition) is 1. The Balaban J connectivity index is 3.32. The van der Waals surface area contributed by atoms with E-state index in [-0.39, 0.29) is 4.90 Å². The number of ether oxygens (including phenoxy) is 1. The van der Waals surface area contributed by atoms with Crippen LogP contribution in [0.1, 0.15) is 5.56 Å². The molecule has 0 saturated carbocycles. The molecule has 5 nitrogen and oxygen atoms in total. The summed E-state index contributed by atoms with van der Waals surface area (Å²) < 4.78 is 27.8. The van der Waals surface area contributed by atoms with E-state index in [0.29, 0.717) is 12.3 Å². The van der Waals surface area contributed by atoms with Crippen molar-refractivity contribution in [3.05, 3.63) is 23.8 Å². The highest BCUT2D eigenvalue weighted by Gasteiger charge is 2.17. The van der Waals surface area contributed by atoms with E-state index in [1.807, 2.05) is 25.1 Å². The van der Waals surface area contributed by atoms with Crippen molar-refractivity contribution in [3.8, 4) is 5.75 Å². The first-order valence-electron chi connectivity index (χ1n) is 4.69. The van der Waals surface area contributed by atoms with Gasteiger partial charge < -0.3 is 9.64 Å². The van der Waals surface area contributed by atoms with Crippen molar-refractivity contribution in [3.63, 3.8) is 0 Å². The minimum absolute atomic E-state index is 0.0225. The zero-order valence-corrected chi connectivity index (χ0v) is 10.4. The van der Waals surface area contributed by atoms with Crippen molar-refractivity contribution in [2.24, 2.45) is 5.14 Å². The Morgan fingerprint density at radius 2 is 2.00 bits per heavy atom. The summed E-state index contributed by atoms with van der Waals surface area (Å²) in [5.41, 5.74) is 0.791. The van der Waals surface area contributed by atoms with Gasteiger partial charge in [0.05, 0.1) is 7.11 Å². The van der Waals surface area contributed by atoms with E-state index in [1.54, 1.807) is 6.07 Å². The lowest BCUT2D eigenvalue weighted by atomic mass is 10.2. The molecule has 1 rings (SSSR count). The minimum Gasteiger partial charge on any atom is -0.495 e. The van der Waals surface area contributed by atoms with Gasteiger partial charge in [-0.25, -0.2) is 13.6 Å². The van der Waals surface area contributed by atoms with Crippen molar-refractivity contribution in [1.82, 2.24) is 4.90 Å².